The molecule has 3 aromatic rings. The molecule has 0 saturated carbocycles. The quantitative estimate of drug-likeness (QED) is 0.794. The van der Waals surface area contributed by atoms with Gasteiger partial charge in [-0.1, -0.05) is 17.3 Å². The zero-order valence-corrected chi connectivity index (χ0v) is 13.3. The fourth-order valence-corrected chi connectivity index (χ4v) is 2.88. The van der Waals surface area contributed by atoms with Gasteiger partial charge in [-0.2, -0.15) is 0 Å². The van der Waals surface area contributed by atoms with Crippen LogP contribution in [0.2, 0.25) is 0 Å². The molecule has 0 bridgehead atoms. The van der Waals surface area contributed by atoms with Gasteiger partial charge >= 0.3 is 0 Å². The number of benzene rings is 1. The van der Waals surface area contributed by atoms with E-state index in [9.17, 15) is 4.79 Å². The van der Waals surface area contributed by atoms with Gasteiger partial charge in [-0.3, -0.25) is 4.79 Å². The number of carbonyl (C=O) groups excluding carboxylic acids is 1. The van der Waals surface area contributed by atoms with Crippen LogP contribution in [0.3, 0.4) is 0 Å². The number of aromatic nitrogens is 2. The highest BCUT2D eigenvalue weighted by molar-refractivity contribution is 7.09. The van der Waals surface area contributed by atoms with Gasteiger partial charge in [0.15, 0.2) is 0 Å². The van der Waals surface area contributed by atoms with Gasteiger partial charge in [0.05, 0.1) is 16.4 Å². The number of rotatable bonds is 3. The molecule has 0 aliphatic rings. The zero-order valence-electron chi connectivity index (χ0n) is 12.5. The third-order valence-corrected chi connectivity index (χ3v) is 4.07. The van der Waals surface area contributed by atoms with Gasteiger partial charge in [-0.15, -0.1) is 11.3 Å². The summed E-state index contributed by atoms with van der Waals surface area (Å²) in [5.41, 5.74) is 3.67. The average Bonchev–Trinajstić information content (AvgIpc) is 3.05. The van der Waals surface area contributed by atoms with Crippen LogP contribution in [0.15, 0.2) is 34.2 Å². The van der Waals surface area contributed by atoms with E-state index in [0.29, 0.717) is 22.7 Å². The van der Waals surface area contributed by atoms with Crippen molar-refractivity contribution in [3.8, 4) is 11.3 Å². The lowest BCUT2D eigenvalue weighted by Gasteiger charge is -2.06. The molecule has 22 heavy (non-hydrogen) atoms. The molecule has 5 nitrogen and oxygen atoms in total. The van der Waals surface area contributed by atoms with E-state index >= 15 is 0 Å². The van der Waals surface area contributed by atoms with Crippen LogP contribution in [0.5, 0.6) is 0 Å². The highest BCUT2D eigenvalue weighted by Gasteiger charge is 2.17. The van der Waals surface area contributed by atoms with Crippen LogP contribution < -0.4 is 5.32 Å². The van der Waals surface area contributed by atoms with E-state index < -0.39 is 0 Å². The van der Waals surface area contributed by atoms with Gasteiger partial charge in [0, 0.05) is 16.6 Å². The minimum atomic E-state index is -0.220. The molecule has 0 saturated heterocycles. The monoisotopic (exact) mass is 313 g/mol. The molecule has 6 heteroatoms. The molecule has 1 N–H and O–H groups in total. The topological polar surface area (TPSA) is 68.0 Å². The number of thiazole rings is 1. The predicted molar refractivity (Wildman–Crippen MR) is 86.2 cm³/mol. The van der Waals surface area contributed by atoms with Gasteiger partial charge in [0.25, 0.3) is 5.91 Å². The first-order chi connectivity index (χ1) is 10.5. The van der Waals surface area contributed by atoms with Crippen LogP contribution in [0.4, 0.5) is 5.69 Å². The Bertz CT molecular complexity index is 816. The van der Waals surface area contributed by atoms with Gasteiger partial charge < -0.3 is 9.84 Å². The van der Waals surface area contributed by atoms with Crippen molar-refractivity contribution in [3.05, 3.63) is 51.7 Å². The van der Waals surface area contributed by atoms with Crippen molar-refractivity contribution < 1.29 is 9.32 Å². The first-order valence-electron chi connectivity index (χ1n) is 6.81. The number of hydrogen-bond acceptors (Lipinski definition) is 5. The first-order valence-corrected chi connectivity index (χ1v) is 7.69. The van der Waals surface area contributed by atoms with E-state index in [1.54, 1.807) is 25.2 Å². The predicted octanol–water partition coefficient (Wildman–Crippen LogP) is 3.98. The summed E-state index contributed by atoms with van der Waals surface area (Å²) >= 11 is 1.60. The molecule has 0 atom stereocenters. The average molecular weight is 313 g/mol. The molecule has 0 radical (unpaired) electrons. The minimum absolute atomic E-state index is 0.220. The summed E-state index contributed by atoms with van der Waals surface area (Å²) in [5, 5.41) is 9.70. The summed E-state index contributed by atoms with van der Waals surface area (Å²) in [6, 6.07) is 7.62. The smallest absolute Gasteiger partial charge is 0.261 e. The van der Waals surface area contributed by atoms with Gasteiger partial charge in [0.2, 0.25) is 0 Å². The molecule has 1 amide bonds. The van der Waals surface area contributed by atoms with Crippen molar-refractivity contribution in [2.75, 3.05) is 5.32 Å². The van der Waals surface area contributed by atoms with E-state index in [1.807, 2.05) is 36.6 Å². The fourth-order valence-electron chi connectivity index (χ4n) is 2.25. The molecule has 0 spiro atoms. The Hall–Kier alpha value is -2.47. The van der Waals surface area contributed by atoms with Crippen LogP contribution in [-0.2, 0) is 0 Å². The molecule has 2 aromatic heterocycles. The van der Waals surface area contributed by atoms with E-state index in [0.717, 1.165) is 16.3 Å². The summed E-state index contributed by atoms with van der Waals surface area (Å²) < 4.78 is 5.03. The molecule has 2 heterocycles. The Morgan fingerprint density at radius 3 is 2.73 bits per heavy atom. The van der Waals surface area contributed by atoms with Crippen LogP contribution in [0.25, 0.3) is 11.3 Å². The summed E-state index contributed by atoms with van der Waals surface area (Å²) in [6.45, 7) is 5.44. The number of anilines is 1. The Balaban J connectivity index is 1.86. The van der Waals surface area contributed by atoms with Gasteiger partial charge in [-0.25, -0.2) is 4.98 Å². The molecule has 0 aliphatic carbocycles. The lowest BCUT2D eigenvalue weighted by atomic mass is 10.1. The molecule has 1 aromatic carbocycles. The van der Waals surface area contributed by atoms with Gasteiger partial charge in [0.1, 0.15) is 11.3 Å². The van der Waals surface area contributed by atoms with Crippen molar-refractivity contribution in [1.82, 2.24) is 10.1 Å². The summed E-state index contributed by atoms with van der Waals surface area (Å²) in [7, 11) is 0. The van der Waals surface area contributed by atoms with Crippen LogP contribution >= 0.6 is 11.3 Å². The Morgan fingerprint density at radius 2 is 2.09 bits per heavy atom. The number of hydrogen-bond donors (Lipinski definition) is 1. The van der Waals surface area contributed by atoms with Crippen molar-refractivity contribution in [1.29, 1.82) is 0 Å². The number of carbonyl (C=O) groups is 1. The summed E-state index contributed by atoms with van der Waals surface area (Å²) in [5.74, 6) is 0.295. The fraction of sp³-hybridized carbons (Fsp3) is 0.188. The molecular weight excluding hydrogens is 298 g/mol. The maximum absolute atomic E-state index is 12.3. The van der Waals surface area contributed by atoms with E-state index in [1.165, 1.54) is 0 Å². The van der Waals surface area contributed by atoms with E-state index in [-0.39, 0.29) is 5.91 Å². The highest BCUT2D eigenvalue weighted by Crippen LogP contribution is 2.24. The number of nitrogens with one attached hydrogen (secondary N) is 1. The van der Waals surface area contributed by atoms with Crippen molar-refractivity contribution in [2.45, 2.75) is 20.8 Å². The van der Waals surface area contributed by atoms with Crippen molar-refractivity contribution >= 4 is 22.9 Å². The molecule has 112 valence electrons. The Kier molecular flexibility index (Phi) is 3.77. The number of nitrogens with zero attached hydrogens (tertiary/aromatic N) is 2. The minimum Gasteiger partial charge on any atom is -0.361 e. The van der Waals surface area contributed by atoms with Crippen LogP contribution in [0, 0.1) is 20.8 Å². The number of amides is 1. The van der Waals surface area contributed by atoms with Crippen LogP contribution in [0.1, 0.15) is 26.8 Å². The maximum atomic E-state index is 12.3. The molecule has 0 aliphatic heterocycles. The first kappa shape index (κ1) is 14.5. The van der Waals surface area contributed by atoms with Crippen molar-refractivity contribution in [2.24, 2.45) is 0 Å². The maximum Gasteiger partial charge on any atom is 0.261 e. The largest absolute Gasteiger partial charge is 0.361 e. The van der Waals surface area contributed by atoms with Crippen LogP contribution in [-0.4, -0.2) is 16.0 Å². The second-order valence-corrected chi connectivity index (χ2v) is 6.05. The third kappa shape index (κ3) is 2.78. The number of aryl methyl sites for hydroxylation is 3. The molecule has 0 unspecified atom stereocenters. The normalized spacial score (nSPS) is 10.7. The lowest BCUT2D eigenvalue weighted by molar-refractivity contribution is 0.102. The third-order valence-electron chi connectivity index (χ3n) is 3.30. The lowest BCUT2D eigenvalue weighted by Crippen LogP contribution is -2.13. The second-order valence-electron chi connectivity index (χ2n) is 4.99. The van der Waals surface area contributed by atoms with E-state index in [4.69, 9.17) is 4.52 Å². The highest BCUT2D eigenvalue weighted by atomic mass is 32.1. The summed E-state index contributed by atoms with van der Waals surface area (Å²) in [6.07, 6.45) is 0. The second kappa shape index (κ2) is 5.73. The zero-order chi connectivity index (χ0) is 15.7. The van der Waals surface area contributed by atoms with Crippen molar-refractivity contribution in [3.63, 3.8) is 0 Å². The summed E-state index contributed by atoms with van der Waals surface area (Å²) in [4.78, 5) is 16.8. The molecule has 0 fully saturated rings. The standard InChI is InChI=1S/C16H15N3O2S/c1-9-15(10(2)21-19-9)16(20)18-13-6-4-5-12(7-13)14-8-22-11(3)17-14/h4-8H,1-3H3,(H,18,20). The van der Waals surface area contributed by atoms with E-state index in [2.05, 4.69) is 15.5 Å². The molecule has 3 rings (SSSR count). The SMILES string of the molecule is Cc1nc(-c2cccc(NC(=O)c3c(C)noc3C)c2)cs1. The Morgan fingerprint density at radius 1 is 1.27 bits per heavy atom. The van der Waals surface area contributed by atoms with Gasteiger partial charge in [-0.05, 0) is 32.9 Å². The Labute approximate surface area is 132 Å². The molecular formula is C16H15N3O2S.